The summed E-state index contributed by atoms with van der Waals surface area (Å²) in [6.07, 6.45) is 1.08. The molecule has 1 N–H and O–H groups in total. The van der Waals surface area contributed by atoms with Gasteiger partial charge in [0.2, 0.25) is 0 Å². The van der Waals surface area contributed by atoms with Crippen LogP contribution in [-0.2, 0) is 19.1 Å². The fourth-order valence-electron chi connectivity index (χ4n) is 1.36. The maximum atomic E-state index is 11.6. The Balaban J connectivity index is 2.44. The van der Waals surface area contributed by atoms with Crippen molar-refractivity contribution in [2.24, 2.45) is 0 Å². The third-order valence-electron chi connectivity index (χ3n) is 2.57. The topological polar surface area (TPSA) is 81.7 Å². The van der Waals surface area contributed by atoms with Gasteiger partial charge in [-0.3, -0.25) is 9.59 Å². The monoisotopic (exact) mass is 303 g/mol. The molecule has 0 spiro atoms. The number of carbonyl (C=O) groups excluding carboxylic acids is 3. The van der Waals surface area contributed by atoms with Gasteiger partial charge >= 0.3 is 5.97 Å². The summed E-state index contributed by atoms with van der Waals surface area (Å²) in [5.41, 5.74) is 0.405. The second-order valence-corrected chi connectivity index (χ2v) is 4.23. The number of nitrogens with one attached hydrogen (secondary N) is 1. The number of ketones is 1. The van der Waals surface area contributed by atoms with Gasteiger partial charge in [0.25, 0.3) is 5.91 Å². The molecule has 0 aliphatic rings. The largest absolute Gasteiger partial charge is 0.490 e. The average molecular weight is 303 g/mol. The maximum absolute atomic E-state index is 11.6. The fraction of sp³-hybridized carbons (Fsp3) is 0.188. The Morgan fingerprint density at radius 1 is 1.18 bits per heavy atom. The molecule has 0 aromatic heterocycles. The van der Waals surface area contributed by atoms with Crippen molar-refractivity contribution in [3.8, 4) is 5.75 Å². The fourth-order valence-corrected chi connectivity index (χ4v) is 1.36. The molecule has 6 nitrogen and oxygen atoms in total. The van der Waals surface area contributed by atoms with Crippen LogP contribution in [0.4, 0.5) is 5.69 Å². The minimum Gasteiger partial charge on any atom is -0.490 e. The molecule has 0 bridgehead atoms. The summed E-state index contributed by atoms with van der Waals surface area (Å²) in [5.74, 6) is -0.880. The molecule has 22 heavy (non-hydrogen) atoms. The first kappa shape index (κ1) is 17.2. The van der Waals surface area contributed by atoms with Gasteiger partial charge in [-0.2, -0.15) is 0 Å². The van der Waals surface area contributed by atoms with E-state index in [2.05, 4.69) is 18.5 Å². The van der Waals surface area contributed by atoms with Crippen molar-refractivity contribution < 1.29 is 23.9 Å². The summed E-state index contributed by atoms with van der Waals surface area (Å²) < 4.78 is 10.1. The van der Waals surface area contributed by atoms with Crippen LogP contribution in [0.25, 0.3) is 0 Å². The number of ether oxygens (including phenoxy) is 2. The average Bonchev–Trinajstić information content (AvgIpc) is 2.51. The zero-order valence-corrected chi connectivity index (χ0v) is 12.3. The van der Waals surface area contributed by atoms with Gasteiger partial charge in [0.15, 0.2) is 5.78 Å². The van der Waals surface area contributed by atoms with E-state index >= 15 is 0 Å². The van der Waals surface area contributed by atoms with E-state index in [1.165, 1.54) is 6.92 Å². The number of carbonyl (C=O) groups is 3. The number of hydrogen-bond acceptors (Lipinski definition) is 5. The number of benzene rings is 1. The molecule has 0 aliphatic heterocycles. The SMILES string of the molecule is C=CC(=O)OCCOc1ccc(NC(=O)C(=C)C(C)=O)cc1. The summed E-state index contributed by atoms with van der Waals surface area (Å²) in [6, 6.07) is 6.52. The highest BCUT2D eigenvalue weighted by Crippen LogP contribution is 2.16. The van der Waals surface area contributed by atoms with E-state index in [1.54, 1.807) is 24.3 Å². The van der Waals surface area contributed by atoms with E-state index in [4.69, 9.17) is 9.47 Å². The van der Waals surface area contributed by atoms with Gasteiger partial charge in [0, 0.05) is 11.8 Å². The van der Waals surface area contributed by atoms with Gasteiger partial charge in [0.05, 0.1) is 5.57 Å². The number of hydrogen-bond donors (Lipinski definition) is 1. The van der Waals surface area contributed by atoms with E-state index in [0.717, 1.165) is 6.08 Å². The summed E-state index contributed by atoms with van der Waals surface area (Å²) in [4.78, 5) is 33.5. The molecule has 1 aromatic carbocycles. The predicted octanol–water partition coefficient (Wildman–Crippen LogP) is 1.88. The molecule has 0 atom stereocenters. The Kier molecular flexibility index (Phi) is 6.56. The maximum Gasteiger partial charge on any atom is 0.330 e. The number of esters is 1. The highest BCUT2D eigenvalue weighted by atomic mass is 16.6. The number of rotatable bonds is 8. The number of Topliss-reactive ketones (excluding diaryl/α,β-unsaturated/α-hetero) is 1. The molecule has 0 unspecified atom stereocenters. The van der Waals surface area contributed by atoms with E-state index in [-0.39, 0.29) is 24.6 Å². The molecular weight excluding hydrogens is 286 g/mol. The molecule has 6 heteroatoms. The van der Waals surface area contributed by atoms with Gasteiger partial charge in [-0.05, 0) is 31.2 Å². The molecule has 116 valence electrons. The van der Waals surface area contributed by atoms with E-state index in [9.17, 15) is 14.4 Å². The van der Waals surface area contributed by atoms with Crippen LogP contribution in [0.2, 0.25) is 0 Å². The van der Waals surface area contributed by atoms with Gasteiger partial charge in [-0.15, -0.1) is 0 Å². The second kappa shape index (κ2) is 8.41. The molecule has 0 fully saturated rings. The van der Waals surface area contributed by atoms with Gasteiger partial charge in [0.1, 0.15) is 19.0 Å². The lowest BCUT2D eigenvalue weighted by Gasteiger charge is -2.08. The van der Waals surface area contributed by atoms with Crippen molar-refractivity contribution in [3.05, 3.63) is 49.1 Å². The van der Waals surface area contributed by atoms with E-state index < -0.39 is 11.9 Å². The minimum atomic E-state index is -0.544. The summed E-state index contributed by atoms with van der Waals surface area (Å²) in [7, 11) is 0. The van der Waals surface area contributed by atoms with Crippen molar-refractivity contribution in [2.75, 3.05) is 18.5 Å². The Morgan fingerprint density at radius 3 is 2.36 bits per heavy atom. The Labute approximate surface area is 128 Å². The minimum absolute atomic E-state index is 0.107. The molecule has 0 saturated carbocycles. The van der Waals surface area contributed by atoms with Crippen molar-refractivity contribution in [3.63, 3.8) is 0 Å². The molecule has 0 aliphatic carbocycles. The molecule has 0 radical (unpaired) electrons. The second-order valence-electron chi connectivity index (χ2n) is 4.23. The van der Waals surface area contributed by atoms with Crippen LogP contribution < -0.4 is 10.1 Å². The third-order valence-corrected chi connectivity index (χ3v) is 2.57. The van der Waals surface area contributed by atoms with E-state index in [0.29, 0.717) is 11.4 Å². The van der Waals surface area contributed by atoms with Crippen LogP contribution in [0.1, 0.15) is 6.92 Å². The molecular formula is C16H17NO5. The first-order chi connectivity index (χ1) is 10.4. The summed E-state index contributed by atoms with van der Waals surface area (Å²) in [6.45, 7) is 8.27. The highest BCUT2D eigenvalue weighted by Gasteiger charge is 2.11. The van der Waals surface area contributed by atoms with Crippen molar-refractivity contribution in [2.45, 2.75) is 6.92 Å². The van der Waals surface area contributed by atoms with Gasteiger partial charge in [-0.1, -0.05) is 13.2 Å². The van der Waals surface area contributed by atoms with Crippen molar-refractivity contribution in [1.82, 2.24) is 0 Å². The van der Waals surface area contributed by atoms with Crippen LogP contribution in [0, 0.1) is 0 Å². The molecule has 1 rings (SSSR count). The molecule has 0 heterocycles. The highest BCUT2D eigenvalue weighted by molar-refractivity contribution is 6.22. The lowest BCUT2D eigenvalue weighted by atomic mass is 10.2. The smallest absolute Gasteiger partial charge is 0.330 e. The van der Waals surface area contributed by atoms with Crippen molar-refractivity contribution in [1.29, 1.82) is 0 Å². The van der Waals surface area contributed by atoms with E-state index in [1.807, 2.05) is 0 Å². The first-order valence-electron chi connectivity index (χ1n) is 6.47. The normalized spacial score (nSPS) is 9.50. The lowest BCUT2D eigenvalue weighted by molar-refractivity contribution is -0.138. The number of anilines is 1. The van der Waals surface area contributed by atoms with Crippen LogP contribution in [0.5, 0.6) is 5.75 Å². The Bertz CT molecular complexity index is 589. The molecule has 1 amide bonds. The van der Waals surface area contributed by atoms with Crippen LogP contribution in [-0.4, -0.2) is 30.9 Å². The third kappa shape index (κ3) is 5.62. The summed E-state index contributed by atoms with van der Waals surface area (Å²) >= 11 is 0. The Morgan fingerprint density at radius 2 is 1.82 bits per heavy atom. The molecule has 1 aromatic rings. The summed E-state index contributed by atoms with van der Waals surface area (Å²) in [5, 5.41) is 2.54. The first-order valence-corrected chi connectivity index (χ1v) is 6.47. The zero-order valence-electron chi connectivity index (χ0n) is 12.3. The van der Waals surface area contributed by atoms with Crippen molar-refractivity contribution >= 4 is 23.3 Å². The van der Waals surface area contributed by atoms with Crippen LogP contribution >= 0.6 is 0 Å². The lowest BCUT2D eigenvalue weighted by Crippen LogP contribution is -2.17. The van der Waals surface area contributed by atoms with Gasteiger partial charge in [-0.25, -0.2) is 4.79 Å². The number of amides is 1. The molecule has 0 saturated heterocycles. The Hall–Kier alpha value is -2.89. The predicted molar refractivity (Wildman–Crippen MR) is 81.5 cm³/mol. The van der Waals surface area contributed by atoms with Gasteiger partial charge < -0.3 is 14.8 Å². The zero-order chi connectivity index (χ0) is 16.5. The quantitative estimate of drug-likeness (QED) is 0.261. The van der Waals surface area contributed by atoms with Crippen LogP contribution in [0.15, 0.2) is 49.1 Å². The van der Waals surface area contributed by atoms with Crippen LogP contribution in [0.3, 0.4) is 0 Å². The standard InChI is InChI=1S/C16H17NO5/c1-4-15(19)22-10-9-21-14-7-5-13(6-8-14)17-16(20)11(2)12(3)18/h4-8H,1-2,9-10H2,3H3,(H,17,20).